The molecule has 2 aromatic carbocycles. The zero-order valence-electron chi connectivity index (χ0n) is 23.4. The number of carbonyl (C=O) groups is 1. The van der Waals surface area contributed by atoms with Crippen LogP contribution in [0.4, 0.5) is 35.1 Å². The first-order valence-corrected chi connectivity index (χ1v) is 14.5. The SMILES string of the molecule is CCCCCCCCCC[C@H]1CC[C@H](C(=O)Oc2c(F)c(F)c(-c3c(F)c(F)c(CC)c(F)c3F)c(F)c2F)CC1. The van der Waals surface area contributed by atoms with Gasteiger partial charge in [-0.05, 0) is 38.0 Å². The van der Waals surface area contributed by atoms with Gasteiger partial charge in [0, 0.05) is 5.56 Å². The van der Waals surface area contributed by atoms with Crippen molar-refractivity contribution < 1.29 is 44.7 Å². The Balaban J connectivity index is 1.66. The molecule has 0 amide bonds. The highest BCUT2D eigenvalue weighted by molar-refractivity contribution is 5.76. The van der Waals surface area contributed by atoms with Gasteiger partial charge in [-0.25, -0.2) is 26.3 Å². The van der Waals surface area contributed by atoms with Crippen LogP contribution in [0.1, 0.15) is 103 Å². The van der Waals surface area contributed by atoms with Gasteiger partial charge in [0.25, 0.3) is 0 Å². The van der Waals surface area contributed by atoms with Crippen molar-refractivity contribution in [1.82, 2.24) is 0 Å². The van der Waals surface area contributed by atoms with Crippen LogP contribution in [-0.2, 0) is 11.2 Å². The molecule has 2 aromatic rings. The lowest BCUT2D eigenvalue weighted by Crippen LogP contribution is -2.26. The van der Waals surface area contributed by atoms with Gasteiger partial charge in [-0.1, -0.05) is 71.6 Å². The molecule has 1 saturated carbocycles. The fourth-order valence-electron chi connectivity index (χ4n) is 5.57. The highest BCUT2D eigenvalue weighted by Gasteiger charge is 2.36. The Bertz CT molecular complexity index is 1160. The topological polar surface area (TPSA) is 26.3 Å². The lowest BCUT2D eigenvalue weighted by molar-refractivity contribution is -0.140. The van der Waals surface area contributed by atoms with Crippen molar-refractivity contribution in [3.05, 3.63) is 52.1 Å². The molecule has 0 radical (unpaired) electrons. The number of ether oxygens (including phenoxy) is 1. The number of hydrogen-bond donors (Lipinski definition) is 0. The van der Waals surface area contributed by atoms with E-state index < -0.39 is 87.3 Å². The summed E-state index contributed by atoms with van der Waals surface area (Å²) in [6.45, 7) is 3.35. The fraction of sp³-hybridized carbons (Fsp3) is 0.581. The molecule has 0 N–H and O–H groups in total. The largest absolute Gasteiger partial charge is 0.420 e. The molecule has 10 heteroatoms. The van der Waals surface area contributed by atoms with Crippen LogP contribution in [0.5, 0.6) is 5.75 Å². The molecule has 0 aliphatic heterocycles. The Morgan fingerprint density at radius 3 is 1.51 bits per heavy atom. The van der Waals surface area contributed by atoms with Crippen LogP contribution in [0, 0.1) is 58.4 Å². The van der Waals surface area contributed by atoms with Crippen molar-refractivity contribution >= 4 is 5.97 Å². The molecule has 1 aliphatic carbocycles. The Morgan fingerprint density at radius 1 is 0.610 bits per heavy atom. The van der Waals surface area contributed by atoms with Gasteiger partial charge < -0.3 is 4.74 Å². The Hall–Kier alpha value is -2.65. The predicted molar refractivity (Wildman–Crippen MR) is 139 cm³/mol. The van der Waals surface area contributed by atoms with Gasteiger partial charge in [-0.3, -0.25) is 4.79 Å². The van der Waals surface area contributed by atoms with Crippen LogP contribution in [0.15, 0.2) is 0 Å². The lowest BCUT2D eigenvalue weighted by atomic mass is 9.79. The van der Waals surface area contributed by atoms with Crippen LogP contribution in [-0.4, -0.2) is 5.97 Å². The average molecular weight is 593 g/mol. The van der Waals surface area contributed by atoms with E-state index in [2.05, 4.69) is 6.92 Å². The van der Waals surface area contributed by atoms with Crippen molar-refractivity contribution in [2.75, 3.05) is 0 Å². The first-order chi connectivity index (χ1) is 19.5. The van der Waals surface area contributed by atoms with E-state index in [4.69, 9.17) is 4.74 Å². The highest BCUT2D eigenvalue weighted by atomic mass is 19.2. The summed E-state index contributed by atoms with van der Waals surface area (Å²) in [5.74, 6) is -20.7. The summed E-state index contributed by atoms with van der Waals surface area (Å²) < 4.78 is 121. The van der Waals surface area contributed by atoms with Crippen molar-refractivity contribution in [2.24, 2.45) is 11.8 Å². The molecule has 1 fully saturated rings. The standard InChI is InChI=1S/C31H36F8O2/c1-3-5-6-7-8-9-10-11-12-17-13-15-18(16-14-17)31(40)41-30-28(38)26(36)21(27(37)29(30)39)20-24(34)22(32)19(4-2)23(33)25(20)35/h17-18H,3-16H2,1-2H3/t17-,18-. The Kier molecular flexibility index (Phi) is 12.0. The minimum absolute atomic E-state index is 0.367. The van der Waals surface area contributed by atoms with Crippen LogP contribution >= 0.6 is 0 Å². The van der Waals surface area contributed by atoms with Crippen molar-refractivity contribution in [2.45, 2.75) is 104 Å². The second-order valence-corrected chi connectivity index (χ2v) is 10.8. The molecular formula is C31H36F8O2. The number of benzene rings is 2. The van der Waals surface area contributed by atoms with Crippen LogP contribution in [0.2, 0.25) is 0 Å². The van der Waals surface area contributed by atoms with Gasteiger partial charge in [-0.15, -0.1) is 0 Å². The predicted octanol–water partition coefficient (Wildman–Crippen LogP) is 10.3. The summed E-state index contributed by atoms with van der Waals surface area (Å²) in [5, 5.41) is 0. The number of unbranched alkanes of at least 4 members (excludes halogenated alkanes) is 7. The average Bonchev–Trinajstić information content (AvgIpc) is 2.97. The summed E-state index contributed by atoms with van der Waals surface area (Å²) in [6, 6.07) is 0. The summed E-state index contributed by atoms with van der Waals surface area (Å²) >= 11 is 0. The van der Waals surface area contributed by atoms with E-state index in [1.807, 2.05) is 0 Å². The number of halogens is 8. The third kappa shape index (κ3) is 7.41. The molecule has 228 valence electrons. The number of esters is 1. The van der Waals surface area contributed by atoms with Crippen LogP contribution in [0.25, 0.3) is 11.1 Å². The van der Waals surface area contributed by atoms with E-state index in [0.717, 1.165) is 19.3 Å². The normalized spacial score (nSPS) is 17.2. The highest BCUT2D eigenvalue weighted by Crippen LogP contribution is 2.41. The molecular weight excluding hydrogens is 556 g/mol. The van der Waals surface area contributed by atoms with E-state index in [1.54, 1.807) is 0 Å². The summed E-state index contributed by atoms with van der Waals surface area (Å²) in [4.78, 5) is 12.6. The number of carbonyl (C=O) groups excluding carboxylic acids is 1. The van der Waals surface area contributed by atoms with Gasteiger partial charge in [0.15, 0.2) is 34.9 Å². The quantitative estimate of drug-likeness (QED) is 0.0761. The molecule has 0 bridgehead atoms. The monoisotopic (exact) mass is 592 g/mol. The molecule has 0 spiro atoms. The number of rotatable bonds is 13. The number of hydrogen-bond acceptors (Lipinski definition) is 2. The summed E-state index contributed by atoms with van der Waals surface area (Å²) in [5.41, 5.74) is -4.97. The second-order valence-electron chi connectivity index (χ2n) is 10.8. The second kappa shape index (κ2) is 15.0. The van der Waals surface area contributed by atoms with Crippen molar-refractivity contribution in [1.29, 1.82) is 0 Å². The molecule has 0 unspecified atom stereocenters. The Morgan fingerprint density at radius 2 is 1.05 bits per heavy atom. The maximum absolute atomic E-state index is 14.8. The van der Waals surface area contributed by atoms with Crippen molar-refractivity contribution in [3.63, 3.8) is 0 Å². The van der Waals surface area contributed by atoms with E-state index in [9.17, 15) is 39.9 Å². The first-order valence-electron chi connectivity index (χ1n) is 14.5. The molecule has 0 atom stereocenters. The minimum atomic E-state index is -2.36. The zero-order valence-corrected chi connectivity index (χ0v) is 23.4. The van der Waals surface area contributed by atoms with Crippen molar-refractivity contribution in [3.8, 4) is 16.9 Å². The van der Waals surface area contributed by atoms with E-state index in [1.165, 1.54) is 45.4 Å². The van der Waals surface area contributed by atoms with Crippen LogP contribution < -0.4 is 4.74 Å². The fourth-order valence-corrected chi connectivity index (χ4v) is 5.57. The van der Waals surface area contributed by atoms with Crippen LogP contribution in [0.3, 0.4) is 0 Å². The molecule has 2 nitrogen and oxygen atoms in total. The van der Waals surface area contributed by atoms with Gasteiger partial charge in [0.2, 0.25) is 17.4 Å². The third-order valence-corrected chi connectivity index (χ3v) is 8.03. The van der Waals surface area contributed by atoms with E-state index in [0.29, 0.717) is 31.6 Å². The minimum Gasteiger partial charge on any atom is -0.420 e. The van der Waals surface area contributed by atoms with E-state index >= 15 is 0 Å². The van der Waals surface area contributed by atoms with Gasteiger partial charge in [-0.2, -0.15) is 8.78 Å². The van der Waals surface area contributed by atoms with Gasteiger partial charge in [0.05, 0.1) is 17.0 Å². The molecule has 41 heavy (non-hydrogen) atoms. The molecule has 0 aromatic heterocycles. The van der Waals surface area contributed by atoms with E-state index in [-0.39, 0.29) is 0 Å². The third-order valence-electron chi connectivity index (χ3n) is 8.03. The Labute approximate surface area is 235 Å². The first kappa shape index (κ1) is 32.9. The summed E-state index contributed by atoms with van der Waals surface area (Å²) in [6.07, 6.45) is 12.2. The molecule has 1 aliphatic rings. The smallest absolute Gasteiger partial charge is 0.314 e. The molecule has 0 heterocycles. The lowest BCUT2D eigenvalue weighted by Gasteiger charge is -2.27. The van der Waals surface area contributed by atoms with Gasteiger partial charge in [0.1, 0.15) is 0 Å². The maximum Gasteiger partial charge on any atom is 0.314 e. The molecule has 3 rings (SSSR count). The van der Waals surface area contributed by atoms with Gasteiger partial charge >= 0.3 is 5.97 Å². The summed E-state index contributed by atoms with van der Waals surface area (Å²) in [7, 11) is 0. The maximum atomic E-state index is 14.8. The zero-order chi connectivity index (χ0) is 30.3. The molecule has 0 saturated heterocycles.